The molecule has 1 heterocycles. The van der Waals surface area contributed by atoms with Gasteiger partial charge in [0, 0.05) is 0 Å². The van der Waals surface area contributed by atoms with E-state index in [4.69, 9.17) is 4.74 Å². The van der Waals surface area contributed by atoms with Crippen LogP contribution in [0.3, 0.4) is 0 Å². The molecule has 1 rings (SSSR count). The van der Waals surface area contributed by atoms with Gasteiger partial charge in [0.05, 0.1) is 0 Å². The number of aromatic nitrogens is 3. The first-order valence-electron chi connectivity index (χ1n) is 3.56. The van der Waals surface area contributed by atoms with E-state index in [1.807, 2.05) is 4.98 Å². The normalized spacial score (nSPS) is 9.62. The Bertz CT molecular complexity index is 389. The van der Waals surface area contributed by atoms with Crippen LogP contribution in [0, 0.1) is 0 Å². The molecule has 1 aromatic heterocycles. The van der Waals surface area contributed by atoms with Crippen LogP contribution in [-0.2, 0) is 0 Å². The van der Waals surface area contributed by atoms with Gasteiger partial charge < -0.3 is 4.74 Å². The summed E-state index contributed by atoms with van der Waals surface area (Å²) >= 11 is 0. The highest BCUT2D eigenvalue weighted by atomic mass is 16.5. The molecule has 2 N–H and O–H groups in total. The number of aromatic amines is 2. The molecule has 0 aliphatic heterocycles. The van der Waals surface area contributed by atoms with E-state index < -0.39 is 11.4 Å². The third kappa shape index (κ3) is 2.94. The average Bonchev–Trinajstić information content (AvgIpc) is 1.99. The molecule has 0 saturated carbocycles. The lowest BCUT2D eigenvalue weighted by molar-refractivity contribution is 0.319. The number of H-pyrrole nitrogens is 2. The summed E-state index contributed by atoms with van der Waals surface area (Å²) in [4.78, 5) is 28.9. The third-order valence-electron chi connectivity index (χ3n) is 1.10. The van der Waals surface area contributed by atoms with Crippen molar-refractivity contribution >= 4 is 0 Å². The van der Waals surface area contributed by atoms with Crippen LogP contribution in [0.5, 0.6) is 6.01 Å². The first kappa shape index (κ1) is 9.24. The first-order chi connectivity index (χ1) is 6.08. The second-order valence-corrected chi connectivity index (χ2v) is 2.55. The third-order valence-corrected chi connectivity index (χ3v) is 1.10. The van der Waals surface area contributed by atoms with Crippen molar-refractivity contribution in [2.45, 2.75) is 6.92 Å². The highest BCUT2D eigenvalue weighted by molar-refractivity contribution is 4.94. The summed E-state index contributed by atoms with van der Waals surface area (Å²) in [6, 6.07) is -0.100. The number of rotatable bonds is 3. The molecule has 0 saturated heterocycles. The standard InChI is InChI=1S/C7H9N3O3/c1-4(2)3-13-7-9-5(11)8-6(12)10-7/h1,3H2,2H3,(H2,8,9,10,11,12). The summed E-state index contributed by atoms with van der Waals surface area (Å²) in [5, 5.41) is 0. The van der Waals surface area contributed by atoms with Crippen LogP contribution in [-0.4, -0.2) is 21.6 Å². The zero-order chi connectivity index (χ0) is 9.84. The average molecular weight is 183 g/mol. The Hall–Kier alpha value is -1.85. The highest BCUT2D eigenvalue weighted by Gasteiger charge is 1.98. The summed E-state index contributed by atoms with van der Waals surface area (Å²) in [6.45, 7) is 5.55. The maximum atomic E-state index is 10.7. The van der Waals surface area contributed by atoms with Crippen LogP contribution in [0.25, 0.3) is 0 Å². The van der Waals surface area contributed by atoms with E-state index in [-0.39, 0.29) is 12.6 Å². The van der Waals surface area contributed by atoms with Crippen molar-refractivity contribution in [1.82, 2.24) is 15.0 Å². The van der Waals surface area contributed by atoms with Gasteiger partial charge in [-0.1, -0.05) is 6.58 Å². The van der Waals surface area contributed by atoms with Crippen molar-refractivity contribution < 1.29 is 4.74 Å². The highest BCUT2D eigenvalue weighted by Crippen LogP contribution is 1.94. The lowest BCUT2D eigenvalue weighted by Crippen LogP contribution is -2.25. The predicted octanol–water partition coefficient (Wildman–Crippen LogP) is -0.587. The number of nitrogens with one attached hydrogen (secondary N) is 2. The van der Waals surface area contributed by atoms with Gasteiger partial charge in [0.25, 0.3) is 0 Å². The molecule has 6 heteroatoms. The van der Waals surface area contributed by atoms with E-state index in [2.05, 4.69) is 16.5 Å². The number of nitrogens with zero attached hydrogens (tertiary/aromatic N) is 1. The minimum Gasteiger partial charge on any atom is -0.460 e. The Labute approximate surface area is 73.3 Å². The van der Waals surface area contributed by atoms with E-state index in [0.29, 0.717) is 0 Å². The topological polar surface area (TPSA) is 87.8 Å². The summed E-state index contributed by atoms with van der Waals surface area (Å²) in [5.74, 6) is 0. The quantitative estimate of drug-likeness (QED) is 0.613. The van der Waals surface area contributed by atoms with Crippen molar-refractivity contribution in [1.29, 1.82) is 0 Å². The minimum atomic E-state index is -0.736. The number of hydrogen-bond acceptors (Lipinski definition) is 4. The van der Waals surface area contributed by atoms with Gasteiger partial charge in [-0.3, -0.25) is 9.97 Å². The van der Waals surface area contributed by atoms with Gasteiger partial charge in [0.15, 0.2) is 0 Å². The van der Waals surface area contributed by atoms with Crippen LogP contribution in [0.2, 0.25) is 0 Å². The molecule has 0 aliphatic rings. The van der Waals surface area contributed by atoms with E-state index in [0.717, 1.165) is 5.57 Å². The van der Waals surface area contributed by atoms with Gasteiger partial charge in [0.2, 0.25) is 0 Å². The Morgan fingerprint density at radius 2 is 2.23 bits per heavy atom. The molecule has 0 radical (unpaired) electrons. The molecule has 0 atom stereocenters. The molecular formula is C7H9N3O3. The summed E-state index contributed by atoms with van der Waals surface area (Å²) < 4.78 is 4.94. The Morgan fingerprint density at radius 1 is 1.54 bits per heavy atom. The Kier molecular flexibility index (Phi) is 2.63. The van der Waals surface area contributed by atoms with E-state index in [9.17, 15) is 9.59 Å². The SMILES string of the molecule is C=C(C)COc1nc(=O)[nH]c(=O)[nH]1. The zero-order valence-electron chi connectivity index (χ0n) is 7.09. The van der Waals surface area contributed by atoms with Crippen LogP contribution < -0.4 is 16.1 Å². The molecule has 0 bridgehead atoms. The largest absolute Gasteiger partial charge is 0.460 e. The molecule has 13 heavy (non-hydrogen) atoms. The molecular weight excluding hydrogens is 174 g/mol. The molecule has 0 amide bonds. The second kappa shape index (κ2) is 3.70. The summed E-state index contributed by atoms with van der Waals surface area (Å²) in [6.07, 6.45) is 0. The summed E-state index contributed by atoms with van der Waals surface area (Å²) in [7, 11) is 0. The molecule has 0 unspecified atom stereocenters. The fourth-order valence-electron chi connectivity index (χ4n) is 0.634. The monoisotopic (exact) mass is 183 g/mol. The van der Waals surface area contributed by atoms with Gasteiger partial charge in [-0.2, -0.15) is 0 Å². The number of hydrogen-bond donors (Lipinski definition) is 2. The molecule has 0 spiro atoms. The van der Waals surface area contributed by atoms with Gasteiger partial charge in [-0.15, -0.1) is 4.98 Å². The van der Waals surface area contributed by atoms with Gasteiger partial charge in [-0.05, 0) is 12.5 Å². The molecule has 0 aromatic carbocycles. The van der Waals surface area contributed by atoms with Crippen LogP contribution in [0.1, 0.15) is 6.92 Å². The predicted molar refractivity (Wildman–Crippen MR) is 45.8 cm³/mol. The van der Waals surface area contributed by atoms with E-state index >= 15 is 0 Å². The maximum Gasteiger partial charge on any atom is 0.353 e. The minimum absolute atomic E-state index is 0.100. The fraction of sp³-hybridized carbons (Fsp3) is 0.286. The zero-order valence-corrected chi connectivity index (χ0v) is 7.09. The van der Waals surface area contributed by atoms with E-state index in [1.165, 1.54) is 0 Å². The smallest absolute Gasteiger partial charge is 0.353 e. The van der Waals surface area contributed by atoms with Crippen molar-refractivity contribution in [3.63, 3.8) is 0 Å². The van der Waals surface area contributed by atoms with Gasteiger partial charge >= 0.3 is 17.4 Å². The first-order valence-corrected chi connectivity index (χ1v) is 3.56. The van der Waals surface area contributed by atoms with Crippen LogP contribution in [0.4, 0.5) is 0 Å². The van der Waals surface area contributed by atoms with Gasteiger partial charge in [0.1, 0.15) is 6.61 Å². The second-order valence-electron chi connectivity index (χ2n) is 2.55. The molecule has 6 nitrogen and oxygen atoms in total. The molecule has 70 valence electrons. The Balaban J connectivity index is 2.84. The molecule has 1 aromatic rings. The van der Waals surface area contributed by atoms with Crippen molar-refractivity contribution in [2.24, 2.45) is 0 Å². The van der Waals surface area contributed by atoms with Crippen LogP contribution >= 0.6 is 0 Å². The Morgan fingerprint density at radius 3 is 2.77 bits per heavy atom. The maximum absolute atomic E-state index is 10.7. The van der Waals surface area contributed by atoms with Crippen molar-refractivity contribution in [2.75, 3.05) is 6.61 Å². The number of ether oxygens (including phenoxy) is 1. The molecule has 0 fully saturated rings. The lowest BCUT2D eigenvalue weighted by Gasteiger charge is -2.01. The van der Waals surface area contributed by atoms with Crippen molar-refractivity contribution in [3.8, 4) is 6.01 Å². The lowest BCUT2D eigenvalue weighted by atomic mass is 10.4. The van der Waals surface area contributed by atoms with Crippen LogP contribution in [0.15, 0.2) is 21.7 Å². The molecule has 0 aliphatic carbocycles. The summed E-state index contributed by atoms with van der Waals surface area (Å²) in [5.41, 5.74) is -0.611. The van der Waals surface area contributed by atoms with Crippen molar-refractivity contribution in [3.05, 3.63) is 33.1 Å². The fourth-order valence-corrected chi connectivity index (χ4v) is 0.634. The van der Waals surface area contributed by atoms with E-state index in [1.54, 1.807) is 6.92 Å². The van der Waals surface area contributed by atoms with Gasteiger partial charge in [-0.25, -0.2) is 9.59 Å².